The number of carboxylic acid groups (broad SMARTS) is 1. The first-order chi connectivity index (χ1) is 11.6. The first-order valence-electron chi connectivity index (χ1n) is 7.20. The van der Waals surface area contributed by atoms with Crippen molar-refractivity contribution >= 4 is 28.7 Å². The van der Waals surface area contributed by atoms with Crippen LogP contribution in [0.3, 0.4) is 0 Å². The number of benzene rings is 2. The minimum absolute atomic E-state index is 0.179. The van der Waals surface area contributed by atoms with Crippen LogP contribution in [0.2, 0.25) is 0 Å². The summed E-state index contributed by atoms with van der Waals surface area (Å²) < 4.78 is 14.6. The van der Waals surface area contributed by atoms with Crippen molar-refractivity contribution in [2.24, 2.45) is 0 Å². The number of carboxylic acids is 1. The van der Waals surface area contributed by atoms with Crippen molar-refractivity contribution in [2.45, 2.75) is 6.54 Å². The van der Waals surface area contributed by atoms with Gasteiger partial charge in [0.2, 0.25) is 5.95 Å². The largest absolute Gasteiger partial charge is 0.478 e. The third kappa shape index (κ3) is 2.43. The van der Waals surface area contributed by atoms with Gasteiger partial charge in [-0.05, 0) is 35.9 Å². The van der Waals surface area contributed by atoms with E-state index < -0.39 is 5.97 Å². The van der Waals surface area contributed by atoms with Crippen molar-refractivity contribution in [3.63, 3.8) is 0 Å². The normalized spacial score (nSPS) is 11.2. The Balaban J connectivity index is 1.61. The molecule has 3 N–H and O–H groups in total. The molecule has 2 aromatic carbocycles. The van der Waals surface area contributed by atoms with Crippen molar-refractivity contribution in [2.75, 3.05) is 5.32 Å². The summed E-state index contributed by atoms with van der Waals surface area (Å²) >= 11 is 0. The molecule has 0 amide bonds. The average molecular weight is 325 g/mol. The molecule has 0 radical (unpaired) electrons. The Bertz CT molecular complexity index is 1050. The van der Waals surface area contributed by atoms with Gasteiger partial charge in [0.25, 0.3) is 5.78 Å². The van der Waals surface area contributed by atoms with E-state index in [0.717, 1.165) is 11.1 Å². The highest BCUT2D eigenvalue weighted by Crippen LogP contribution is 2.18. The number of fused-ring (bicyclic) bond motifs is 3. The van der Waals surface area contributed by atoms with Crippen LogP contribution in [0.4, 0.5) is 10.3 Å². The molecule has 4 aromatic rings. The van der Waals surface area contributed by atoms with Gasteiger partial charge in [0, 0.05) is 6.54 Å². The fourth-order valence-electron chi connectivity index (χ4n) is 2.48. The molecule has 0 spiro atoms. The van der Waals surface area contributed by atoms with Gasteiger partial charge in [-0.3, -0.25) is 5.10 Å². The zero-order chi connectivity index (χ0) is 16.7. The quantitative estimate of drug-likeness (QED) is 0.536. The van der Waals surface area contributed by atoms with E-state index in [-0.39, 0.29) is 11.4 Å². The van der Waals surface area contributed by atoms with E-state index in [9.17, 15) is 9.18 Å². The van der Waals surface area contributed by atoms with Crippen LogP contribution in [0.15, 0.2) is 42.5 Å². The van der Waals surface area contributed by atoms with Crippen LogP contribution in [-0.4, -0.2) is 30.7 Å². The summed E-state index contributed by atoms with van der Waals surface area (Å²) in [5.74, 6) is -0.314. The standard InChI is InChI=1S/C16H12FN5O2/c17-11-4-1-9(2-5-11)8-18-15-20-16-19-12-7-10(14(23)24)3-6-13(12)22(16)21-15/h1-7H,8H2,(H,23,24)(H2,18,19,20,21). The highest BCUT2D eigenvalue weighted by molar-refractivity contribution is 5.93. The summed E-state index contributed by atoms with van der Waals surface area (Å²) in [7, 11) is 0. The number of aromatic carboxylic acids is 1. The number of imidazole rings is 1. The molecular weight excluding hydrogens is 313 g/mol. The molecular formula is C16H12FN5O2. The molecule has 0 saturated heterocycles. The SMILES string of the molecule is O=C(O)c1ccc2c(c1)nc1nc(NCc3ccc(F)cc3)[nH]n12. The molecule has 0 bridgehead atoms. The van der Waals surface area contributed by atoms with Crippen molar-refractivity contribution in [1.29, 1.82) is 0 Å². The third-order valence-electron chi connectivity index (χ3n) is 3.69. The number of halogens is 1. The summed E-state index contributed by atoms with van der Waals surface area (Å²) in [6.45, 7) is 0.484. The lowest BCUT2D eigenvalue weighted by Gasteiger charge is -2.02. The molecule has 0 aliphatic rings. The number of hydrogen-bond acceptors (Lipinski definition) is 4. The number of carbonyl (C=O) groups is 1. The Labute approximate surface area is 134 Å². The lowest BCUT2D eigenvalue weighted by molar-refractivity contribution is 0.0697. The van der Waals surface area contributed by atoms with Crippen LogP contribution in [0.1, 0.15) is 15.9 Å². The van der Waals surface area contributed by atoms with Gasteiger partial charge in [-0.25, -0.2) is 18.7 Å². The van der Waals surface area contributed by atoms with E-state index in [2.05, 4.69) is 20.4 Å². The minimum Gasteiger partial charge on any atom is -0.478 e. The van der Waals surface area contributed by atoms with Crippen molar-refractivity contribution < 1.29 is 14.3 Å². The van der Waals surface area contributed by atoms with Crippen molar-refractivity contribution in [1.82, 2.24) is 19.6 Å². The topological polar surface area (TPSA) is 95.3 Å². The molecule has 7 nitrogen and oxygen atoms in total. The number of aromatic amines is 1. The van der Waals surface area contributed by atoms with E-state index in [1.54, 1.807) is 22.7 Å². The van der Waals surface area contributed by atoms with E-state index in [1.165, 1.54) is 24.3 Å². The zero-order valence-electron chi connectivity index (χ0n) is 12.3. The fraction of sp³-hybridized carbons (Fsp3) is 0.0625. The number of anilines is 1. The number of nitrogens with one attached hydrogen (secondary N) is 2. The van der Waals surface area contributed by atoms with E-state index in [1.807, 2.05) is 0 Å². The van der Waals surface area contributed by atoms with Crippen LogP contribution in [0.5, 0.6) is 0 Å². The third-order valence-corrected chi connectivity index (χ3v) is 3.69. The molecule has 4 rings (SSSR count). The first kappa shape index (κ1) is 14.2. The molecule has 2 heterocycles. The monoisotopic (exact) mass is 325 g/mol. The Morgan fingerprint density at radius 3 is 2.75 bits per heavy atom. The molecule has 0 saturated carbocycles. The molecule has 0 aliphatic heterocycles. The van der Waals surface area contributed by atoms with Gasteiger partial charge >= 0.3 is 5.97 Å². The minimum atomic E-state index is -0.997. The lowest BCUT2D eigenvalue weighted by Crippen LogP contribution is -2.01. The van der Waals surface area contributed by atoms with E-state index >= 15 is 0 Å². The summed E-state index contributed by atoms with van der Waals surface area (Å²) in [4.78, 5) is 19.6. The van der Waals surface area contributed by atoms with Gasteiger partial charge in [-0.2, -0.15) is 4.98 Å². The number of rotatable bonds is 4. The zero-order valence-corrected chi connectivity index (χ0v) is 12.3. The first-order valence-corrected chi connectivity index (χ1v) is 7.20. The Morgan fingerprint density at radius 2 is 2.00 bits per heavy atom. The smallest absolute Gasteiger partial charge is 0.335 e. The summed E-state index contributed by atoms with van der Waals surface area (Å²) in [6, 6.07) is 10.9. The predicted octanol–water partition coefficient (Wildman–Crippen LogP) is 2.66. The molecule has 0 fully saturated rings. The molecule has 24 heavy (non-hydrogen) atoms. The lowest BCUT2D eigenvalue weighted by atomic mass is 10.2. The van der Waals surface area contributed by atoms with Crippen molar-refractivity contribution in [3.05, 3.63) is 59.4 Å². The van der Waals surface area contributed by atoms with Gasteiger partial charge < -0.3 is 10.4 Å². The molecule has 2 aromatic heterocycles. The number of H-pyrrole nitrogens is 1. The van der Waals surface area contributed by atoms with Gasteiger partial charge in [0.05, 0.1) is 16.6 Å². The van der Waals surface area contributed by atoms with Gasteiger partial charge in [-0.1, -0.05) is 12.1 Å². The molecule has 120 valence electrons. The predicted molar refractivity (Wildman–Crippen MR) is 85.5 cm³/mol. The molecule has 0 unspecified atom stereocenters. The van der Waals surface area contributed by atoms with E-state index in [0.29, 0.717) is 23.8 Å². The highest BCUT2D eigenvalue weighted by Gasteiger charge is 2.12. The maximum atomic E-state index is 12.9. The van der Waals surface area contributed by atoms with Crippen LogP contribution < -0.4 is 5.32 Å². The summed E-state index contributed by atoms with van der Waals surface area (Å²) in [5, 5.41) is 15.2. The highest BCUT2D eigenvalue weighted by atomic mass is 19.1. The Kier molecular flexibility index (Phi) is 3.16. The van der Waals surface area contributed by atoms with Crippen LogP contribution in [0.25, 0.3) is 16.8 Å². The maximum absolute atomic E-state index is 12.9. The van der Waals surface area contributed by atoms with Gasteiger partial charge in [0.15, 0.2) is 0 Å². The maximum Gasteiger partial charge on any atom is 0.335 e. The second kappa shape index (κ2) is 5.34. The number of nitrogens with zero attached hydrogens (tertiary/aromatic N) is 3. The van der Waals surface area contributed by atoms with Gasteiger partial charge in [0.1, 0.15) is 5.82 Å². The fourth-order valence-corrected chi connectivity index (χ4v) is 2.48. The molecule has 0 aliphatic carbocycles. The van der Waals surface area contributed by atoms with Crippen molar-refractivity contribution in [3.8, 4) is 0 Å². The molecule has 0 atom stereocenters. The Morgan fingerprint density at radius 1 is 1.21 bits per heavy atom. The second-order valence-electron chi connectivity index (χ2n) is 5.31. The second-order valence-corrected chi connectivity index (χ2v) is 5.31. The Hall–Kier alpha value is -3.42. The number of hydrogen-bond donors (Lipinski definition) is 3. The summed E-state index contributed by atoms with van der Waals surface area (Å²) in [5.41, 5.74) is 2.38. The van der Waals surface area contributed by atoms with Crippen LogP contribution >= 0.6 is 0 Å². The van der Waals surface area contributed by atoms with E-state index in [4.69, 9.17) is 5.11 Å². The van der Waals surface area contributed by atoms with Gasteiger partial charge in [-0.15, -0.1) is 0 Å². The van der Waals surface area contributed by atoms with Crippen LogP contribution in [0, 0.1) is 5.82 Å². The molecule has 8 heteroatoms. The average Bonchev–Trinajstić information content (AvgIpc) is 3.10. The summed E-state index contributed by atoms with van der Waals surface area (Å²) in [6.07, 6.45) is 0. The van der Waals surface area contributed by atoms with Crippen LogP contribution in [-0.2, 0) is 6.54 Å². The number of aromatic nitrogens is 4.